The predicted octanol–water partition coefficient (Wildman–Crippen LogP) is 4.03. The number of carbonyl (C=O) groups excluding carboxylic acids is 1. The lowest BCUT2D eigenvalue weighted by molar-refractivity contribution is -0.133. The average molecular weight is 455 g/mol. The molecule has 7 heteroatoms. The maximum absolute atomic E-state index is 12.7. The molecular formula is C27H26N4O3. The molecule has 2 heterocycles. The molecule has 0 saturated carbocycles. The summed E-state index contributed by atoms with van der Waals surface area (Å²) in [5, 5.41) is 11.3. The molecule has 172 valence electrons. The zero-order chi connectivity index (χ0) is 23.3. The first-order chi connectivity index (χ1) is 16.7. The first-order valence-electron chi connectivity index (χ1n) is 11.3. The molecule has 1 aromatic heterocycles. The summed E-state index contributed by atoms with van der Waals surface area (Å²) < 4.78 is 10.8. The van der Waals surface area contributed by atoms with Gasteiger partial charge in [0.15, 0.2) is 12.4 Å². The number of anilines is 1. The van der Waals surface area contributed by atoms with E-state index in [9.17, 15) is 4.79 Å². The van der Waals surface area contributed by atoms with Crippen molar-refractivity contribution in [2.24, 2.45) is 0 Å². The van der Waals surface area contributed by atoms with E-state index in [-0.39, 0.29) is 12.5 Å². The van der Waals surface area contributed by atoms with Crippen LogP contribution in [0, 0.1) is 0 Å². The van der Waals surface area contributed by atoms with Gasteiger partial charge in [-0.25, -0.2) is 0 Å². The molecule has 1 amide bonds. The SMILES string of the molecule is COc1ccc(OCC(=O)N2CCN(c3nnc(-c4ccccc4)c4ccccc34)CC2)cc1. The highest BCUT2D eigenvalue weighted by atomic mass is 16.5. The van der Waals surface area contributed by atoms with Crippen LogP contribution in [0.5, 0.6) is 11.5 Å². The number of amides is 1. The molecule has 4 aromatic rings. The van der Waals surface area contributed by atoms with Crippen LogP contribution in [0.1, 0.15) is 0 Å². The number of benzene rings is 3. The highest BCUT2D eigenvalue weighted by molar-refractivity contribution is 6.00. The molecule has 3 aromatic carbocycles. The van der Waals surface area contributed by atoms with Crippen molar-refractivity contribution in [2.45, 2.75) is 0 Å². The summed E-state index contributed by atoms with van der Waals surface area (Å²) in [6, 6.07) is 25.6. The summed E-state index contributed by atoms with van der Waals surface area (Å²) in [5.74, 6) is 2.23. The van der Waals surface area contributed by atoms with Crippen LogP contribution in [-0.4, -0.2) is 60.9 Å². The normalized spacial score (nSPS) is 13.7. The fourth-order valence-corrected chi connectivity index (χ4v) is 4.21. The quantitative estimate of drug-likeness (QED) is 0.438. The Hall–Kier alpha value is -4.13. The van der Waals surface area contributed by atoms with E-state index in [1.165, 1.54) is 0 Å². The zero-order valence-corrected chi connectivity index (χ0v) is 19.1. The Morgan fingerprint density at radius 2 is 1.44 bits per heavy atom. The molecule has 1 fully saturated rings. The summed E-state index contributed by atoms with van der Waals surface area (Å²) in [4.78, 5) is 16.7. The van der Waals surface area contributed by atoms with Crippen LogP contribution >= 0.6 is 0 Å². The molecule has 0 spiro atoms. The molecule has 0 bridgehead atoms. The highest BCUT2D eigenvalue weighted by Gasteiger charge is 2.24. The first-order valence-corrected chi connectivity index (χ1v) is 11.3. The molecule has 0 atom stereocenters. The lowest BCUT2D eigenvalue weighted by atomic mass is 10.0. The van der Waals surface area contributed by atoms with Crippen molar-refractivity contribution < 1.29 is 14.3 Å². The molecule has 5 rings (SSSR count). The molecule has 0 unspecified atom stereocenters. The summed E-state index contributed by atoms with van der Waals surface area (Å²) >= 11 is 0. The standard InChI is InChI=1S/C27H26N4O3/c1-33-21-11-13-22(14-12-21)34-19-25(32)30-15-17-31(18-16-30)27-24-10-6-5-9-23(24)26(28-29-27)20-7-3-2-4-8-20/h2-14H,15-19H2,1H3. The van der Waals surface area contributed by atoms with Crippen LogP contribution in [0.3, 0.4) is 0 Å². The molecule has 1 aliphatic rings. The fraction of sp³-hybridized carbons (Fsp3) is 0.222. The van der Waals surface area contributed by atoms with Crippen molar-refractivity contribution in [1.82, 2.24) is 15.1 Å². The monoisotopic (exact) mass is 454 g/mol. The van der Waals surface area contributed by atoms with Gasteiger partial charge in [-0.1, -0.05) is 54.6 Å². The Bertz CT molecular complexity index is 1270. The minimum atomic E-state index is -0.0224. The van der Waals surface area contributed by atoms with E-state index in [2.05, 4.69) is 39.4 Å². The van der Waals surface area contributed by atoms with Gasteiger partial charge in [-0.3, -0.25) is 4.79 Å². The number of fused-ring (bicyclic) bond motifs is 1. The van der Waals surface area contributed by atoms with Crippen molar-refractivity contribution in [3.8, 4) is 22.8 Å². The number of rotatable bonds is 6. The maximum atomic E-state index is 12.7. The Balaban J connectivity index is 1.25. The summed E-state index contributed by atoms with van der Waals surface area (Å²) in [7, 11) is 1.62. The maximum Gasteiger partial charge on any atom is 0.260 e. The van der Waals surface area contributed by atoms with Crippen LogP contribution < -0.4 is 14.4 Å². The summed E-state index contributed by atoms with van der Waals surface area (Å²) in [6.45, 7) is 2.62. The van der Waals surface area contributed by atoms with Gasteiger partial charge in [0.25, 0.3) is 5.91 Å². The Labute approximate surface area is 198 Å². The molecule has 1 saturated heterocycles. The number of aromatic nitrogens is 2. The van der Waals surface area contributed by atoms with E-state index in [1.807, 2.05) is 47.4 Å². The molecule has 34 heavy (non-hydrogen) atoms. The van der Waals surface area contributed by atoms with Gasteiger partial charge in [0.1, 0.15) is 17.2 Å². The van der Waals surface area contributed by atoms with Crippen molar-refractivity contribution in [3.63, 3.8) is 0 Å². The lowest BCUT2D eigenvalue weighted by Gasteiger charge is -2.35. The second-order valence-corrected chi connectivity index (χ2v) is 8.12. The van der Waals surface area contributed by atoms with Gasteiger partial charge in [-0.2, -0.15) is 0 Å². The molecule has 0 radical (unpaired) electrons. The van der Waals surface area contributed by atoms with E-state index >= 15 is 0 Å². The van der Waals surface area contributed by atoms with Gasteiger partial charge < -0.3 is 19.3 Å². The highest BCUT2D eigenvalue weighted by Crippen LogP contribution is 2.31. The second kappa shape index (κ2) is 9.79. The predicted molar refractivity (Wildman–Crippen MR) is 132 cm³/mol. The van der Waals surface area contributed by atoms with Crippen LogP contribution in [0.4, 0.5) is 5.82 Å². The van der Waals surface area contributed by atoms with Crippen molar-refractivity contribution in [2.75, 3.05) is 44.8 Å². The van der Waals surface area contributed by atoms with Gasteiger partial charge in [-0.15, -0.1) is 10.2 Å². The van der Waals surface area contributed by atoms with Gasteiger partial charge in [-0.05, 0) is 24.3 Å². The zero-order valence-electron chi connectivity index (χ0n) is 19.1. The van der Waals surface area contributed by atoms with E-state index in [0.29, 0.717) is 31.9 Å². The number of hydrogen-bond donors (Lipinski definition) is 0. The van der Waals surface area contributed by atoms with Crippen LogP contribution in [0.15, 0.2) is 78.9 Å². The third kappa shape index (κ3) is 4.50. The van der Waals surface area contributed by atoms with Crippen molar-refractivity contribution in [1.29, 1.82) is 0 Å². The smallest absolute Gasteiger partial charge is 0.260 e. The van der Waals surface area contributed by atoms with E-state index < -0.39 is 0 Å². The Kier molecular flexibility index (Phi) is 6.25. The van der Waals surface area contributed by atoms with Crippen LogP contribution in [0.2, 0.25) is 0 Å². The number of nitrogens with zero attached hydrogens (tertiary/aromatic N) is 4. The third-order valence-electron chi connectivity index (χ3n) is 6.07. The van der Waals surface area contributed by atoms with Crippen LogP contribution in [0.25, 0.3) is 22.0 Å². The molecule has 1 aliphatic heterocycles. The van der Waals surface area contributed by atoms with E-state index in [1.54, 1.807) is 19.2 Å². The van der Waals surface area contributed by atoms with Gasteiger partial charge in [0.05, 0.1) is 7.11 Å². The lowest BCUT2D eigenvalue weighted by Crippen LogP contribution is -2.50. The summed E-state index contributed by atoms with van der Waals surface area (Å²) in [5.41, 5.74) is 1.93. The number of ether oxygens (including phenoxy) is 2. The Morgan fingerprint density at radius 1 is 0.794 bits per heavy atom. The van der Waals surface area contributed by atoms with E-state index in [0.717, 1.165) is 33.6 Å². The topological polar surface area (TPSA) is 67.8 Å². The van der Waals surface area contributed by atoms with Crippen LogP contribution in [-0.2, 0) is 4.79 Å². The minimum absolute atomic E-state index is 0.0147. The van der Waals surface area contributed by atoms with Crippen molar-refractivity contribution >= 4 is 22.5 Å². The van der Waals surface area contributed by atoms with Crippen molar-refractivity contribution in [3.05, 3.63) is 78.9 Å². The number of carbonyl (C=O) groups is 1. The third-order valence-corrected chi connectivity index (χ3v) is 6.07. The fourth-order valence-electron chi connectivity index (χ4n) is 4.21. The molecule has 0 N–H and O–H groups in total. The number of piperazine rings is 1. The average Bonchev–Trinajstić information content (AvgIpc) is 2.92. The van der Waals surface area contributed by atoms with Gasteiger partial charge in [0, 0.05) is 42.5 Å². The van der Waals surface area contributed by atoms with Gasteiger partial charge in [0.2, 0.25) is 0 Å². The molecule has 7 nitrogen and oxygen atoms in total. The summed E-state index contributed by atoms with van der Waals surface area (Å²) in [6.07, 6.45) is 0. The van der Waals surface area contributed by atoms with Gasteiger partial charge >= 0.3 is 0 Å². The van der Waals surface area contributed by atoms with E-state index in [4.69, 9.17) is 9.47 Å². The first kappa shape index (κ1) is 21.7. The largest absolute Gasteiger partial charge is 0.497 e. The minimum Gasteiger partial charge on any atom is -0.497 e. The number of hydrogen-bond acceptors (Lipinski definition) is 6. The molecular weight excluding hydrogens is 428 g/mol. The second-order valence-electron chi connectivity index (χ2n) is 8.12. The Morgan fingerprint density at radius 3 is 2.15 bits per heavy atom. The molecule has 0 aliphatic carbocycles. The number of methoxy groups -OCH3 is 1.